The number of nitrogens with zero attached hydrogens (tertiary/aromatic N) is 3. The van der Waals surface area contributed by atoms with Crippen LogP contribution in [-0.4, -0.2) is 59.5 Å². The quantitative estimate of drug-likeness (QED) is 0.564. The number of halogens is 2. The van der Waals surface area contributed by atoms with Gasteiger partial charge in [0.25, 0.3) is 11.6 Å². The maximum atomic E-state index is 13.3. The van der Waals surface area contributed by atoms with Gasteiger partial charge in [0, 0.05) is 37.7 Å². The van der Waals surface area contributed by atoms with Gasteiger partial charge in [0.2, 0.25) is 15.9 Å². The van der Waals surface area contributed by atoms with E-state index in [2.05, 4.69) is 0 Å². The molecule has 1 aliphatic carbocycles. The number of benzene rings is 1. The van der Waals surface area contributed by atoms with E-state index >= 15 is 0 Å². The molecule has 1 saturated carbocycles. The van der Waals surface area contributed by atoms with Crippen LogP contribution in [0.2, 0.25) is 0 Å². The third-order valence-corrected chi connectivity index (χ3v) is 7.39. The summed E-state index contributed by atoms with van der Waals surface area (Å²) in [5.41, 5.74) is -0.513. The molecule has 0 radical (unpaired) electrons. The van der Waals surface area contributed by atoms with E-state index in [1.54, 1.807) is 0 Å². The predicted molar refractivity (Wildman–Crippen MR) is 88.6 cm³/mol. The van der Waals surface area contributed by atoms with Crippen LogP contribution in [0.25, 0.3) is 0 Å². The minimum Gasteiger partial charge on any atom is -0.334 e. The summed E-state index contributed by atoms with van der Waals surface area (Å²) in [6.45, 7) is -0.0934. The van der Waals surface area contributed by atoms with E-state index in [0.717, 1.165) is 10.4 Å². The van der Waals surface area contributed by atoms with E-state index in [-0.39, 0.29) is 13.1 Å². The van der Waals surface area contributed by atoms with Crippen molar-refractivity contribution >= 4 is 21.6 Å². The van der Waals surface area contributed by atoms with Gasteiger partial charge in [0.1, 0.15) is 5.92 Å². The molecule has 1 amide bonds. The first kappa shape index (κ1) is 18.2. The summed E-state index contributed by atoms with van der Waals surface area (Å²) < 4.78 is 53.6. The van der Waals surface area contributed by atoms with E-state index in [4.69, 9.17) is 0 Å². The van der Waals surface area contributed by atoms with Gasteiger partial charge in [0.15, 0.2) is 4.90 Å². The molecule has 3 unspecified atom stereocenters. The van der Waals surface area contributed by atoms with Gasteiger partial charge in [-0.1, -0.05) is 12.1 Å². The summed E-state index contributed by atoms with van der Waals surface area (Å²) in [6.07, 6.45) is 0.592. The first-order valence-electron chi connectivity index (χ1n) is 8.56. The summed E-state index contributed by atoms with van der Waals surface area (Å²) in [5, 5.41) is 11.2. The number of carbonyl (C=O) groups is 1. The van der Waals surface area contributed by atoms with Gasteiger partial charge in [-0.25, -0.2) is 17.2 Å². The number of para-hydroxylation sites is 1. The zero-order valence-corrected chi connectivity index (χ0v) is 14.9. The fourth-order valence-corrected chi connectivity index (χ4v) is 5.72. The van der Waals surface area contributed by atoms with Gasteiger partial charge < -0.3 is 4.90 Å². The number of hydrogen-bond acceptors (Lipinski definition) is 5. The third kappa shape index (κ3) is 2.89. The van der Waals surface area contributed by atoms with E-state index < -0.39 is 61.8 Å². The maximum Gasteiger partial charge on any atom is 0.289 e. The molecule has 1 aromatic carbocycles. The fourth-order valence-electron chi connectivity index (χ4n) is 4.05. The Hall–Kier alpha value is -2.14. The van der Waals surface area contributed by atoms with Gasteiger partial charge in [-0.2, -0.15) is 4.31 Å². The van der Waals surface area contributed by atoms with Gasteiger partial charge >= 0.3 is 0 Å². The molecule has 0 spiro atoms. The first-order chi connectivity index (χ1) is 12.6. The molecule has 0 aromatic heterocycles. The molecular formula is C16H17F2N3O5S. The average molecular weight is 401 g/mol. The Balaban J connectivity index is 1.58. The number of piperazine rings is 1. The molecule has 8 nitrogen and oxygen atoms in total. The Morgan fingerprint density at radius 2 is 1.74 bits per heavy atom. The first-order valence-corrected chi connectivity index (χ1v) is 10.0. The van der Waals surface area contributed by atoms with E-state index in [1.165, 1.54) is 23.1 Å². The number of amides is 1. The number of rotatable bonds is 4. The van der Waals surface area contributed by atoms with Crippen LogP contribution in [0.4, 0.5) is 14.5 Å². The van der Waals surface area contributed by atoms with Gasteiger partial charge in [-0.15, -0.1) is 0 Å². The highest BCUT2D eigenvalue weighted by Gasteiger charge is 2.64. The molecule has 146 valence electrons. The van der Waals surface area contributed by atoms with E-state index in [1.807, 2.05) is 0 Å². The summed E-state index contributed by atoms with van der Waals surface area (Å²) in [6, 6.07) is 4.13. The topological polar surface area (TPSA) is 101 Å². The molecule has 2 saturated heterocycles. The zero-order chi connectivity index (χ0) is 19.6. The molecule has 11 heteroatoms. The molecule has 2 aliphatic heterocycles. The largest absolute Gasteiger partial charge is 0.334 e. The maximum absolute atomic E-state index is 13.3. The Morgan fingerprint density at radius 1 is 1.19 bits per heavy atom. The summed E-state index contributed by atoms with van der Waals surface area (Å²) in [4.78, 5) is 23.8. The van der Waals surface area contributed by atoms with Gasteiger partial charge in [0.05, 0.1) is 4.92 Å². The molecule has 3 aliphatic rings. The lowest BCUT2D eigenvalue weighted by molar-refractivity contribution is -0.387. The smallest absolute Gasteiger partial charge is 0.289 e. The second-order valence-electron chi connectivity index (χ2n) is 7.20. The number of fused-ring (bicyclic) bond motifs is 2. The Bertz CT molecular complexity index is 908. The van der Waals surface area contributed by atoms with Crippen LogP contribution in [0.5, 0.6) is 0 Å². The van der Waals surface area contributed by atoms with Crippen LogP contribution in [-0.2, 0) is 14.8 Å². The molecular weight excluding hydrogens is 384 g/mol. The van der Waals surface area contributed by atoms with Crippen LogP contribution in [0.1, 0.15) is 19.3 Å². The summed E-state index contributed by atoms with van der Waals surface area (Å²) >= 11 is 0. The second kappa shape index (κ2) is 5.93. The van der Waals surface area contributed by atoms with E-state index in [0.29, 0.717) is 12.8 Å². The third-order valence-electron chi connectivity index (χ3n) is 5.51. The summed E-state index contributed by atoms with van der Waals surface area (Å²) in [7, 11) is -4.13. The lowest BCUT2D eigenvalue weighted by Gasteiger charge is -2.40. The molecule has 1 aromatic rings. The number of carbonyl (C=O) groups excluding carboxylic acids is 1. The van der Waals surface area contributed by atoms with Crippen molar-refractivity contribution in [2.24, 2.45) is 5.92 Å². The highest BCUT2D eigenvalue weighted by atomic mass is 32.2. The van der Waals surface area contributed by atoms with Gasteiger partial charge in [-0.3, -0.25) is 14.9 Å². The molecule has 0 N–H and O–H groups in total. The number of hydrogen-bond donors (Lipinski definition) is 0. The van der Waals surface area contributed by atoms with Gasteiger partial charge in [-0.05, 0) is 18.9 Å². The molecule has 3 fully saturated rings. The number of nitro groups is 1. The van der Waals surface area contributed by atoms with Crippen LogP contribution in [0, 0.1) is 16.0 Å². The second-order valence-corrected chi connectivity index (χ2v) is 9.10. The van der Waals surface area contributed by atoms with Crippen molar-refractivity contribution in [2.45, 2.75) is 42.2 Å². The molecule has 3 atom stereocenters. The van der Waals surface area contributed by atoms with Crippen LogP contribution in [0.15, 0.2) is 29.2 Å². The van der Waals surface area contributed by atoms with Crippen molar-refractivity contribution in [3.8, 4) is 0 Å². The molecule has 2 heterocycles. The Morgan fingerprint density at radius 3 is 2.26 bits per heavy atom. The average Bonchev–Trinajstić information content (AvgIpc) is 3.18. The Kier molecular flexibility index (Phi) is 4.00. The van der Waals surface area contributed by atoms with Crippen molar-refractivity contribution in [1.29, 1.82) is 0 Å². The normalized spacial score (nSPS) is 29.6. The lowest BCUT2D eigenvalue weighted by atomic mass is 10.2. The van der Waals surface area contributed by atoms with Crippen LogP contribution < -0.4 is 0 Å². The molecule has 4 rings (SSSR count). The minimum atomic E-state index is -4.13. The van der Waals surface area contributed by atoms with Crippen molar-refractivity contribution in [1.82, 2.24) is 9.21 Å². The number of sulfonamides is 1. The minimum absolute atomic E-state index is 0.0467. The van der Waals surface area contributed by atoms with Crippen molar-refractivity contribution in [2.75, 3.05) is 13.1 Å². The lowest BCUT2D eigenvalue weighted by Crippen LogP contribution is -2.57. The zero-order valence-electron chi connectivity index (χ0n) is 14.1. The SMILES string of the molecule is O=C(C1CC1(F)F)N1C2CCC1CN(S(=O)(=O)c1ccccc1[N+](=O)[O-])C2. The summed E-state index contributed by atoms with van der Waals surface area (Å²) in [5.74, 6) is -4.89. The standard InChI is InChI=1S/C16H17F2N3O5S/c17-16(18)7-12(16)15(22)20-10-5-6-11(20)9-19(8-10)27(25,26)14-4-2-1-3-13(14)21(23)24/h1-4,10-12H,5-9H2. The number of nitro benzene ring substituents is 1. The molecule has 2 bridgehead atoms. The highest BCUT2D eigenvalue weighted by Crippen LogP contribution is 2.51. The van der Waals surface area contributed by atoms with E-state index in [9.17, 15) is 32.1 Å². The van der Waals surface area contributed by atoms with Crippen molar-refractivity contribution in [3.05, 3.63) is 34.4 Å². The molecule has 27 heavy (non-hydrogen) atoms. The monoisotopic (exact) mass is 401 g/mol. The van der Waals surface area contributed by atoms with Crippen molar-refractivity contribution < 1.29 is 26.9 Å². The predicted octanol–water partition coefficient (Wildman–Crippen LogP) is 1.61. The van der Waals surface area contributed by atoms with Crippen LogP contribution >= 0.6 is 0 Å². The fraction of sp³-hybridized carbons (Fsp3) is 0.562. The number of alkyl halides is 2. The van der Waals surface area contributed by atoms with Crippen molar-refractivity contribution in [3.63, 3.8) is 0 Å². The van der Waals surface area contributed by atoms with Crippen LogP contribution in [0.3, 0.4) is 0 Å². The Labute approximate surface area is 153 Å². The highest BCUT2D eigenvalue weighted by molar-refractivity contribution is 7.89.